The maximum absolute atomic E-state index is 12.5. The second kappa shape index (κ2) is 9.80. The highest BCUT2D eigenvalue weighted by molar-refractivity contribution is 5.98. The van der Waals surface area contributed by atoms with Crippen LogP contribution in [0.3, 0.4) is 0 Å². The van der Waals surface area contributed by atoms with Crippen LogP contribution in [0.15, 0.2) is 54.6 Å². The number of amides is 1. The number of carbonyl (C=O) groups is 1. The summed E-state index contributed by atoms with van der Waals surface area (Å²) in [6, 6.07) is 17.5. The van der Waals surface area contributed by atoms with E-state index < -0.39 is 5.54 Å². The molecule has 0 saturated carbocycles. The highest BCUT2D eigenvalue weighted by atomic mass is 35.5. The van der Waals surface area contributed by atoms with Gasteiger partial charge in [-0.05, 0) is 42.2 Å². The summed E-state index contributed by atoms with van der Waals surface area (Å²) < 4.78 is 5.29. The maximum atomic E-state index is 12.5. The molecule has 1 aliphatic heterocycles. The van der Waals surface area contributed by atoms with Crippen LogP contribution in [-0.4, -0.2) is 44.9 Å². The van der Waals surface area contributed by atoms with Gasteiger partial charge in [0, 0.05) is 24.5 Å². The zero-order valence-corrected chi connectivity index (χ0v) is 17.3. The first-order chi connectivity index (χ1) is 14.1. The van der Waals surface area contributed by atoms with E-state index in [1.54, 1.807) is 4.80 Å². The molecule has 0 bridgehead atoms. The summed E-state index contributed by atoms with van der Waals surface area (Å²) in [5, 5.41) is 15.6. The van der Waals surface area contributed by atoms with Crippen molar-refractivity contribution >= 4 is 24.0 Å². The monoisotopic (exact) mass is 428 g/mol. The van der Waals surface area contributed by atoms with Crippen molar-refractivity contribution in [1.29, 1.82) is 0 Å². The molecule has 1 amide bonds. The van der Waals surface area contributed by atoms with Crippen molar-refractivity contribution in [2.24, 2.45) is 5.73 Å². The number of ether oxygens (including phenoxy) is 1. The van der Waals surface area contributed by atoms with E-state index in [9.17, 15) is 4.79 Å². The van der Waals surface area contributed by atoms with Gasteiger partial charge < -0.3 is 15.8 Å². The number of aromatic nitrogens is 4. The van der Waals surface area contributed by atoms with Gasteiger partial charge in [0.05, 0.1) is 6.54 Å². The van der Waals surface area contributed by atoms with Crippen molar-refractivity contribution in [3.8, 4) is 11.4 Å². The fourth-order valence-electron chi connectivity index (χ4n) is 3.24. The Morgan fingerprint density at radius 3 is 2.50 bits per heavy atom. The van der Waals surface area contributed by atoms with Crippen LogP contribution in [0.4, 0.5) is 5.69 Å². The third kappa shape index (κ3) is 5.21. The van der Waals surface area contributed by atoms with Gasteiger partial charge in [0.15, 0.2) is 0 Å². The number of nitrogens with one attached hydrogen (secondary N) is 1. The fraction of sp³-hybridized carbons (Fsp3) is 0.333. The van der Waals surface area contributed by atoms with E-state index >= 15 is 0 Å². The lowest BCUT2D eigenvalue weighted by Gasteiger charge is -2.31. The second-order valence-electron chi connectivity index (χ2n) is 7.24. The van der Waals surface area contributed by atoms with Crippen molar-refractivity contribution in [3.05, 3.63) is 60.2 Å². The van der Waals surface area contributed by atoms with Crippen molar-refractivity contribution in [2.75, 3.05) is 18.5 Å². The van der Waals surface area contributed by atoms with Gasteiger partial charge in [0.2, 0.25) is 11.7 Å². The quantitative estimate of drug-likeness (QED) is 0.624. The molecule has 2 heterocycles. The minimum Gasteiger partial charge on any atom is -0.381 e. The van der Waals surface area contributed by atoms with Crippen molar-refractivity contribution < 1.29 is 9.53 Å². The van der Waals surface area contributed by atoms with Crippen LogP contribution in [0.2, 0.25) is 0 Å². The molecule has 1 fully saturated rings. The van der Waals surface area contributed by atoms with Gasteiger partial charge >= 0.3 is 0 Å². The van der Waals surface area contributed by atoms with E-state index in [0.717, 1.165) is 23.2 Å². The van der Waals surface area contributed by atoms with Crippen molar-refractivity contribution in [3.63, 3.8) is 0 Å². The first-order valence-electron chi connectivity index (χ1n) is 9.73. The Kier molecular flexibility index (Phi) is 7.15. The molecular weight excluding hydrogens is 404 g/mol. The predicted octanol–water partition coefficient (Wildman–Crippen LogP) is 2.45. The zero-order chi connectivity index (χ0) is 20.1. The summed E-state index contributed by atoms with van der Waals surface area (Å²) >= 11 is 0. The molecule has 3 aromatic rings. The molecule has 0 spiro atoms. The molecule has 3 N–H and O–H groups in total. The number of anilines is 1. The summed E-state index contributed by atoms with van der Waals surface area (Å²) in [6.45, 7) is 1.66. The van der Waals surface area contributed by atoms with E-state index in [1.807, 2.05) is 54.6 Å². The molecule has 1 aromatic heterocycles. The molecule has 0 radical (unpaired) electrons. The van der Waals surface area contributed by atoms with E-state index in [0.29, 0.717) is 38.4 Å². The summed E-state index contributed by atoms with van der Waals surface area (Å²) in [6.07, 6.45) is 1.83. The zero-order valence-electron chi connectivity index (χ0n) is 16.5. The van der Waals surface area contributed by atoms with Crippen LogP contribution >= 0.6 is 12.4 Å². The number of carbonyl (C=O) groups excluding carboxylic acids is 1. The van der Waals surface area contributed by atoms with Crippen LogP contribution in [-0.2, 0) is 22.5 Å². The molecule has 30 heavy (non-hydrogen) atoms. The third-order valence-corrected chi connectivity index (χ3v) is 5.13. The molecule has 0 unspecified atom stereocenters. The number of rotatable bonds is 6. The Hall–Kier alpha value is -2.81. The smallest absolute Gasteiger partial charge is 0.244 e. The molecule has 0 atom stereocenters. The maximum Gasteiger partial charge on any atom is 0.244 e. The Labute approximate surface area is 181 Å². The van der Waals surface area contributed by atoms with Gasteiger partial charge in [-0.2, -0.15) is 4.80 Å². The van der Waals surface area contributed by atoms with Crippen LogP contribution in [0.1, 0.15) is 18.4 Å². The highest BCUT2D eigenvalue weighted by Crippen LogP contribution is 2.20. The molecule has 1 aliphatic rings. The van der Waals surface area contributed by atoms with Gasteiger partial charge in [-0.3, -0.25) is 4.79 Å². The standard InChI is InChI=1S/C21H24N6O2.ClH/c22-21(11-14-29-15-12-21)20(28)23-18-8-6-16(7-9-18)10-13-27-25-19(24-26-27)17-4-2-1-3-5-17;/h1-9H,10-15,22H2,(H,23,28);1H. The molecule has 4 rings (SSSR count). The van der Waals surface area contributed by atoms with E-state index in [1.165, 1.54) is 0 Å². The largest absolute Gasteiger partial charge is 0.381 e. The summed E-state index contributed by atoms with van der Waals surface area (Å²) in [7, 11) is 0. The normalized spacial score (nSPS) is 15.2. The topological polar surface area (TPSA) is 108 Å². The Balaban J connectivity index is 0.00000256. The molecule has 158 valence electrons. The Bertz CT molecular complexity index is 955. The summed E-state index contributed by atoms with van der Waals surface area (Å²) in [5.74, 6) is 0.460. The van der Waals surface area contributed by atoms with Crippen LogP contribution in [0.25, 0.3) is 11.4 Å². The Morgan fingerprint density at radius 1 is 1.10 bits per heavy atom. The van der Waals surface area contributed by atoms with Gasteiger partial charge in [-0.15, -0.1) is 22.6 Å². The van der Waals surface area contributed by atoms with E-state index in [2.05, 4.69) is 20.7 Å². The molecule has 1 saturated heterocycles. The van der Waals surface area contributed by atoms with Gasteiger partial charge in [-0.25, -0.2) is 0 Å². The van der Waals surface area contributed by atoms with Gasteiger partial charge in [0.25, 0.3) is 0 Å². The average molecular weight is 429 g/mol. The van der Waals surface area contributed by atoms with E-state index in [4.69, 9.17) is 10.5 Å². The SMILES string of the molecule is Cl.NC1(C(=O)Nc2ccc(CCn3nnc(-c4ccccc4)n3)cc2)CCOCC1. The van der Waals surface area contributed by atoms with Gasteiger partial charge in [0.1, 0.15) is 5.54 Å². The average Bonchev–Trinajstić information content (AvgIpc) is 3.23. The second-order valence-corrected chi connectivity index (χ2v) is 7.24. The lowest BCUT2D eigenvalue weighted by atomic mass is 9.90. The predicted molar refractivity (Wildman–Crippen MR) is 116 cm³/mol. The molecule has 0 aliphatic carbocycles. The van der Waals surface area contributed by atoms with Crippen LogP contribution in [0.5, 0.6) is 0 Å². The number of nitrogens with zero attached hydrogens (tertiary/aromatic N) is 4. The highest BCUT2D eigenvalue weighted by Gasteiger charge is 2.35. The summed E-state index contributed by atoms with van der Waals surface area (Å²) in [4.78, 5) is 14.1. The lowest BCUT2D eigenvalue weighted by Crippen LogP contribution is -2.54. The first kappa shape index (κ1) is 21.9. The number of halogens is 1. The molecule has 9 heteroatoms. The Morgan fingerprint density at radius 2 is 1.80 bits per heavy atom. The minimum absolute atomic E-state index is 0. The van der Waals surface area contributed by atoms with Crippen molar-refractivity contribution in [2.45, 2.75) is 31.3 Å². The fourth-order valence-corrected chi connectivity index (χ4v) is 3.24. The number of nitrogens with two attached hydrogens (primary N) is 1. The molecule has 8 nitrogen and oxygen atoms in total. The van der Waals surface area contributed by atoms with Crippen LogP contribution in [0, 0.1) is 0 Å². The first-order valence-corrected chi connectivity index (χ1v) is 9.73. The molecular formula is C21H25ClN6O2. The number of hydrogen-bond donors (Lipinski definition) is 2. The van der Waals surface area contributed by atoms with Gasteiger partial charge in [-0.1, -0.05) is 42.5 Å². The third-order valence-electron chi connectivity index (χ3n) is 5.13. The van der Waals surface area contributed by atoms with Crippen LogP contribution < -0.4 is 11.1 Å². The lowest BCUT2D eigenvalue weighted by molar-refractivity contribution is -0.124. The number of aryl methyl sites for hydroxylation is 2. The van der Waals surface area contributed by atoms with Crippen molar-refractivity contribution in [1.82, 2.24) is 20.2 Å². The molecule has 2 aromatic carbocycles. The number of tetrazole rings is 1. The minimum atomic E-state index is -0.855. The summed E-state index contributed by atoms with van der Waals surface area (Å²) in [5.41, 5.74) is 8.17. The number of hydrogen-bond acceptors (Lipinski definition) is 6. The van der Waals surface area contributed by atoms with E-state index in [-0.39, 0.29) is 18.3 Å². The number of benzene rings is 2.